The van der Waals surface area contributed by atoms with E-state index in [1.807, 2.05) is 6.07 Å². The molecule has 1 heterocycles. The summed E-state index contributed by atoms with van der Waals surface area (Å²) >= 11 is 0. The van der Waals surface area contributed by atoms with Gasteiger partial charge in [0.1, 0.15) is 17.1 Å². The summed E-state index contributed by atoms with van der Waals surface area (Å²) in [5, 5.41) is 6.32. The molecule has 27 heavy (non-hydrogen) atoms. The lowest BCUT2D eigenvalue weighted by Crippen LogP contribution is -2.26. The fourth-order valence-corrected chi connectivity index (χ4v) is 2.50. The van der Waals surface area contributed by atoms with Crippen LogP contribution in [-0.4, -0.2) is 24.1 Å². The monoisotopic (exact) mass is 366 g/mol. The van der Waals surface area contributed by atoms with Crippen molar-refractivity contribution in [2.24, 2.45) is 0 Å². The molecular formula is C20H18N2O5. The zero-order valence-electron chi connectivity index (χ0n) is 14.8. The normalized spacial score (nSPS) is 11.5. The van der Waals surface area contributed by atoms with E-state index in [2.05, 4.69) is 10.5 Å². The fraction of sp³-hybridized carbons (Fsp3) is 0.150. The van der Waals surface area contributed by atoms with Crippen molar-refractivity contribution in [3.05, 3.63) is 77.6 Å². The molecular weight excluding hydrogens is 348 g/mol. The molecule has 0 fully saturated rings. The van der Waals surface area contributed by atoms with Crippen molar-refractivity contribution >= 4 is 17.7 Å². The van der Waals surface area contributed by atoms with Crippen LogP contribution in [0.4, 0.5) is 5.82 Å². The van der Waals surface area contributed by atoms with Crippen molar-refractivity contribution in [3.8, 4) is 5.75 Å². The average Bonchev–Trinajstić information content (AvgIpc) is 3.11. The van der Waals surface area contributed by atoms with Crippen LogP contribution in [0.2, 0.25) is 0 Å². The lowest BCUT2D eigenvalue weighted by Gasteiger charge is -2.18. The van der Waals surface area contributed by atoms with Gasteiger partial charge in [0, 0.05) is 11.6 Å². The summed E-state index contributed by atoms with van der Waals surface area (Å²) in [7, 11) is 1.46. The van der Waals surface area contributed by atoms with E-state index in [0.29, 0.717) is 17.1 Å². The predicted octanol–water partition coefficient (Wildman–Crippen LogP) is 3.53. The van der Waals surface area contributed by atoms with Crippen LogP contribution in [0.3, 0.4) is 0 Å². The van der Waals surface area contributed by atoms with Crippen LogP contribution in [0.25, 0.3) is 0 Å². The van der Waals surface area contributed by atoms with E-state index >= 15 is 0 Å². The summed E-state index contributed by atoms with van der Waals surface area (Å²) in [6, 6.07) is 16.9. The van der Waals surface area contributed by atoms with Crippen molar-refractivity contribution in [1.29, 1.82) is 0 Å². The molecule has 0 bridgehead atoms. The van der Waals surface area contributed by atoms with Crippen LogP contribution in [-0.2, 0) is 9.53 Å². The molecule has 0 radical (unpaired) electrons. The maximum absolute atomic E-state index is 12.7. The van der Waals surface area contributed by atoms with Gasteiger partial charge >= 0.3 is 5.97 Å². The molecule has 7 heteroatoms. The Balaban J connectivity index is 1.86. The van der Waals surface area contributed by atoms with E-state index in [1.165, 1.54) is 7.11 Å². The number of methoxy groups -OCH3 is 1. The molecule has 0 aliphatic heterocycles. The second kappa shape index (κ2) is 8.18. The number of rotatable bonds is 6. The van der Waals surface area contributed by atoms with Gasteiger partial charge in [-0.15, -0.1) is 0 Å². The van der Waals surface area contributed by atoms with E-state index in [9.17, 15) is 9.59 Å². The van der Waals surface area contributed by atoms with Gasteiger partial charge in [-0.2, -0.15) is 0 Å². The summed E-state index contributed by atoms with van der Waals surface area (Å²) < 4.78 is 15.6. The lowest BCUT2D eigenvalue weighted by atomic mass is 10.1. The zero-order chi connectivity index (χ0) is 19.2. The lowest BCUT2D eigenvalue weighted by molar-refractivity contribution is -0.125. The minimum Gasteiger partial charge on any atom is -0.496 e. The number of ether oxygens (including phenoxy) is 2. The van der Waals surface area contributed by atoms with Gasteiger partial charge in [0.2, 0.25) is 6.10 Å². The van der Waals surface area contributed by atoms with Crippen molar-refractivity contribution in [1.82, 2.24) is 5.16 Å². The Labute approximate surface area is 155 Å². The highest BCUT2D eigenvalue weighted by Crippen LogP contribution is 2.25. The number of esters is 1. The average molecular weight is 366 g/mol. The number of carbonyl (C=O) groups is 2. The van der Waals surface area contributed by atoms with Gasteiger partial charge in [-0.05, 0) is 19.1 Å². The third-order valence-corrected chi connectivity index (χ3v) is 3.77. The minimum atomic E-state index is -1.17. The van der Waals surface area contributed by atoms with Crippen LogP contribution in [0.1, 0.15) is 27.8 Å². The summed E-state index contributed by atoms with van der Waals surface area (Å²) in [5.74, 6) is -0.0632. The van der Waals surface area contributed by atoms with E-state index in [-0.39, 0.29) is 11.4 Å². The van der Waals surface area contributed by atoms with Crippen LogP contribution in [0, 0.1) is 6.92 Å². The third-order valence-electron chi connectivity index (χ3n) is 3.77. The summed E-state index contributed by atoms with van der Waals surface area (Å²) in [5.41, 5.74) is 0.754. The molecule has 138 valence electrons. The van der Waals surface area contributed by atoms with E-state index in [4.69, 9.17) is 14.0 Å². The van der Waals surface area contributed by atoms with Gasteiger partial charge in [0.05, 0.1) is 7.11 Å². The highest BCUT2D eigenvalue weighted by Gasteiger charge is 2.27. The van der Waals surface area contributed by atoms with Crippen molar-refractivity contribution in [3.63, 3.8) is 0 Å². The minimum absolute atomic E-state index is 0.228. The molecule has 1 atom stereocenters. The van der Waals surface area contributed by atoms with Gasteiger partial charge in [-0.25, -0.2) is 4.79 Å². The van der Waals surface area contributed by atoms with Crippen LogP contribution >= 0.6 is 0 Å². The van der Waals surface area contributed by atoms with Gasteiger partial charge < -0.3 is 19.3 Å². The number of aromatic nitrogens is 1. The number of nitrogens with zero attached hydrogens (tertiary/aromatic N) is 1. The van der Waals surface area contributed by atoms with Crippen molar-refractivity contribution in [2.45, 2.75) is 13.0 Å². The Morgan fingerprint density at radius 3 is 2.44 bits per heavy atom. The molecule has 2 aromatic carbocycles. The molecule has 0 spiro atoms. The molecule has 0 aliphatic carbocycles. The number of hydrogen-bond acceptors (Lipinski definition) is 6. The number of nitrogens with one attached hydrogen (secondary N) is 1. The molecule has 1 amide bonds. The Morgan fingerprint density at radius 2 is 1.78 bits per heavy atom. The first-order valence-electron chi connectivity index (χ1n) is 8.21. The number of carbonyl (C=O) groups excluding carboxylic acids is 2. The Kier molecular flexibility index (Phi) is 5.51. The smallest absolute Gasteiger partial charge is 0.343 e. The zero-order valence-corrected chi connectivity index (χ0v) is 14.8. The van der Waals surface area contributed by atoms with E-state index < -0.39 is 18.0 Å². The molecule has 0 aliphatic rings. The highest BCUT2D eigenvalue weighted by atomic mass is 16.6. The number of aryl methyl sites for hydroxylation is 1. The predicted molar refractivity (Wildman–Crippen MR) is 97.5 cm³/mol. The first-order chi connectivity index (χ1) is 13.1. The van der Waals surface area contributed by atoms with Crippen LogP contribution < -0.4 is 10.1 Å². The topological polar surface area (TPSA) is 90.7 Å². The van der Waals surface area contributed by atoms with Crippen LogP contribution in [0.5, 0.6) is 5.75 Å². The number of anilines is 1. The van der Waals surface area contributed by atoms with Gasteiger partial charge in [0.15, 0.2) is 5.82 Å². The van der Waals surface area contributed by atoms with Crippen molar-refractivity contribution < 1.29 is 23.6 Å². The standard InChI is InChI=1S/C20H18N2O5/c1-13-12-17(22-27-13)21-19(23)18(14-8-4-3-5-9-14)26-20(24)15-10-6-7-11-16(15)25-2/h3-12,18H,1-2H3,(H,21,22,23)/t18-/m0/s1. The molecule has 1 N–H and O–H groups in total. The molecule has 1 aromatic heterocycles. The molecule has 0 saturated heterocycles. The fourth-order valence-electron chi connectivity index (χ4n) is 2.50. The second-order valence-corrected chi connectivity index (χ2v) is 5.71. The number of amides is 1. The first kappa shape index (κ1) is 18.2. The molecule has 0 unspecified atom stereocenters. The van der Waals surface area contributed by atoms with Gasteiger partial charge in [0.25, 0.3) is 5.91 Å². The Morgan fingerprint density at radius 1 is 1.07 bits per heavy atom. The molecule has 7 nitrogen and oxygen atoms in total. The summed E-state index contributed by atoms with van der Waals surface area (Å²) in [4.78, 5) is 25.4. The Bertz CT molecular complexity index is 936. The van der Waals surface area contributed by atoms with Crippen molar-refractivity contribution in [2.75, 3.05) is 12.4 Å². The summed E-state index contributed by atoms with van der Waals surface area (Å²) in [6.45, 7) is 1.71. The first-order valence-corrected chi connectivity index (χ1v) is 8.21. The largest absolute Gasteiger partial charge is 0.496 e. The molecule has 0 saturated carbocycles. The highest BCUT2D eigenvalue weighted by molar-refractivity contribution is 5.98. The SMILES string of the molecule is COc1ccccc1C(=O)O[C@H](C(=O)Nc1cc(C)on1)c1ccccc1. The van der Waals surface area contributed by atoms with Gasteiger partial charge in [-0.1, -0.05) is 47.6 Å². The maximum atomic E-state index is 12.7. The van der Waals surface area contributed by atoms with E-state index in [0.717, 1.165) is 0 Å². The van der Waals surface area contributed by atoms with E-state index in [1.54, 1.807) is 61.5 Å². The summed E-state index contributed by atoms with van der Waals surface area (Å²) in [6.07, 6.45) is -1.17. The number of para-hydroxylation sites is 1. The number of hydrogen-bond donors (Lipinski definition) is 1. The second-order valence-electron chi connectivity index (χ2n) is 5.71. The van der Waals surface area contributed by atoms with Crippen LogP contribution in [0.15, 0.2) is 65.2 Å². The number of benzene rings is 2. The van der Waals surface area contributed by atoms with Gasteiger partial charge in [-0.3, -0.25) is 4.79 Å². The molecule has 3 aromatic rings. The maximum Gasteiger partial charge on any atom is 0.343 e. The molecule has 3 rings (SSSR count). The quantitative estimate of drug-likeness (QED) is 0.671. The third kappa shape index (κ3) is 4.33. The Hall–Kier alpha value is -3.61.